The smallest absolute Gasteiger partial charge is 0.125 e. The molecule has 2 aliphatic heterocycles. The lowest BCUT2D eigenvalue weighted by Crippen LogP contribution is -2.55. The number of benzene rings is 1. The molecule has 19 heavy (non-hydrogen) atoms. The van der Waals surface area contributed by atoms with E-state index in [1.165, 1.54) is 0 Å². The normalized spacial score (nSPS) is 33.6. The number of methoxy groups -OCH3 is 1. The Hall–Kier alpha value is -1.26. The molecule has 1 saturated heterocycles. The molecule has 2 aliphatic rings. The number of hydrogen-bond donors (Lipinski definition) is 2. The summed E-state index contributed by atoms with van der Waals surface area (Å²) in [6, 6.07) is 5.96. The quantitative estimate of drug-likeness (QED) is 0.811. The van der Waals surface area contributed by atoms with Crippen molar-refractivity contribution in [3.8, 4) is 11.5 Å². The van der Waals surface area contributed by atoms with Crippen LogP contribution >= 0.6 is 0 Å². The van der Waals surface area contributed by atoms with Crippen molar-refractivity contribution < 1.29 is 9.47 Å². The van der Waals surface area contributed by atoms with Crippen molar-refractivity contribution in [2.75, 3.05) is 20.2 Å². The zero-order valence-electron chi connectivity index (χ0n) is 11.6. The molecule has 1 fully saturated rings. The summed E-state index contributed by atoms with van der Waals surface area (Å²) < 4.78 is 11.6. The third-order valence-electron chi connectivity index (χ3n) is 4.57. The van der Waals surface area contributed by atoms with Gasteiger partial charge in [-0.25, -0.2) is 0 Å². The van der Waals surface area contributed by atoms with Gasteiger partial charge >= 0.3 is 0 Å². The van der Waals surface area contributed by atoms with Crippen LogP contribution in [0.2, 0.25) is 0 Å². The Morgan fingerprint density at radius 3 is 3.05 bits per heavy atom. The minimum absolute atomic E-state index is 0.0272. The van der Waals surface area contributed by atoms with Crippen LogP contribution in [0.1, 0.15) is 31.4 Å². The lowest BCUT2D eigenvalue weighted by Gasteiger charge is -2.47. The first-order valence-corrected chi connectivity index (χ1v) is 6.98. The van der Waals surface area contributed by atoms with Crippen LogP contribution < -0.4 is 20.5 Å². The summed E-state index contributed by atoms with van der Waals surface area (Å²) in [6.45, 7) is 4.24. The summed E-state index contributed by atoms with van der Waals surface area (Å²) >= 11 is 0. The van der Waals surface area contributed by atoms with E-state index in [0.717, 1.165) is 43.0 Å². The Labute approximate surface area is 114 Å². The van der Waals surface area contributed by atoms with Crippen LogP contribution in [-0.4, -0.2) is 25.8 Å². The molecule has 3 unspecified atom stereocenters. The molecular formula is C15H22N2O2. The molecule has 0 aromatic heterocycles. The zero-order chi connectivity index (χ0) is 13.5. The number of hydrogen-bond acceptors (Lipinski definition) is 4. The molecular weight excluding hydrogens is 240 g/mol. The van der Waals surface area contributed by atoms with Gasteiger partial charge in [-0.15, -0.1) is 0 Å². The van der Waals surface area contributed by atoms with Gasteiger partial charge < -0.3 is 20.5 Å². The highest BCUT2D eigenvalue weighted by Crippen LogP contribution is 2.45. The van der Waals surface area contributed by atoms with Crippen molar-refractivity contribution in [1.82, 2.24) is 5.32 Å². The molecule has 1 aromatic rings. The molecule has 0 radical (unpaired) electrons. The van der Waals surface area contributed by atoms with Gasteiger partial charge in [-0.1, -0.05) is 6.92 Å². The first-order valence-electron chi connectivity index (χ1n) is 6.98. The average molecular weight is 262 g/mol. The summed E-state index contributed by atoms with van der Waals surface area (Å²) in [6.07, 6.45) is 1.91. The van der Waals surface area contributed by atoms with Crippen molar-refractivity contribution in [2.45, 2.75) is 31.4 Å². The SMILES string of the molecule is COc1ccc2c(c1)C(N)CC1(CCNCC1C)O2. The van der Waals surface area contributed by atoms with E-state index in [1.54, 1.807) is 7.11 Å². The number of ether oxygens (including phenoxy) is 2. The van der Waals surface area contributed by atoms with Gasteiger partial charge in [0.1, 0.15) is 17.1 Å². The van der Waals surface area contributed by atoms with E-state index in [0.29, 0.717) is 5.92 Å². The highest BCUT2D eigenvalue weighted by atomic mass is 16.5. The van der Waals surface area contributed by atoms with Gasteiger partial charge in [0.25, 0.3) is 0 Å². The number of rotatable bonds is 1. The molecule has 104 valence electrons. The van der Waals surface area contributed by atoms with E-state index in [4.69, 9.17) is 15.2 Å². The van der Waals surface area contributed by atoms with E-state index in [-0.39, 0.29) is 11.6 Å². The average Bonchev–Trinajstić information content (AvgIpc) is 2.42. The van der Waals surface area contributed by atoms with Crippen molar-refractivity contribution >= 4 is 0 Å². The molecule has 3 N–H and O–H groups in total. The highest BCUT2D eigenvalue weighted by Gasteiger charge is 2.45. The predicted molar refractivity (Wildman–Crippen MR) is 74.5 cm³/mol. The fourth-order valence-corrected chi connectivity index (χ4v) is 3.28. The van der Waals surface area contributed by atoms with E-state index < -0.39 is 0 Å². The molecule has 4 heteroatoms. The lowest BCUT2D eigenvalue weighted by molar-refractivity contribution is -0.0336. The molecule has 0 aliphatic carbocycles. The Balaban J connectivity index is 1.95. The molecule has 3 rings (SSSR count). The van der Waals surface area contributed by atoms with Crippen LogP contribution in [0, 0.1) is 5.92 Å². The summed E-state index contributed by atoms with van der Waals surface area (Å²) in [7, 11) is 1.67. The maximum Gasteiger partial charge on any atom is 0.125 e. The third kappa shape index (κ3) is 2.09. The second-order valence-electron chi connectivity index (χ2n) is 5.74. The molecule has 4 nitrogen and oxygen atoms in total. The third-order valence-corrected chi connectivity index (χ3v) is 4.57. The summed E-state index contributed by atoms with van der Waals surface area (Å²) in [5.74, 6) is 2.24. The fraction of sp³-hybridized carbons (Fsp3) is 0.600. The van der Waals surface area contributed by atoms with Crippen LogP contribution in [0.15, 0.2) is 18.2 Å². The van der Waals surface area contributed by atoms with E-state index >= 15 is 0 Å². The number of nitrogens with two attached hydrogens (primary N) is 1. The summed E-state index contributed by atoms with van der Waals surface area (Å²) in [5, 5.41) is 3.42. The second kappa shape index (κ2) is 4.69. The number of piperidine rings is 1. The molecule has 0 bridgehead atoms. The van der Waals surface area contributed by atoms with Gasteiger partial charge in [-0.05, 0) is 31.2 Å². The molecule has 2 heterocycles. The Morgan fingerprint density at radius 1 is 1.47 bits per heavy atom. The Kier molecular flexibility index (Phi) is 3.15. The molecule has 1 aromatic carbocycles. The van der Waals surface area contributed by atoms with Crippen LogP contribution in [0.25, 0.3) is 0 Å². The van der Waals surface area contributed by atoms with Crippen LogP contribution in [-0.2, 0) is 0 Å². The Morgan fingerprint density at radius 2 is 2.32 bits per heavy atom. The fourth-order valence-electron chi connectivity index (χ4n) is 3.28. The lowest BCUT2D eigenvalue weighted by atomic mass is 9.75. The van der Waals surface area contributed by atoms with E-state index in [1.807, 2.05) is 18.2 Å². The minimum Gasteiger partial charge on any atom is -0.497 e. The summed E-state index contributed by atoms with van der Waals surface area (Å²) in [5.41, 5.74) is 7.34. The van der Waals surface area contributed by atoms with Crippen molar-refractivity contribution in [2.24, 2.45) is 11.7 Å². The zero-order valence-corrected chi connectivity index (χ0v) is 11.6. The molecule has 0 amide bonds. The predicted octanol–water partition coefficient (Wildman–Crippen LogP) is 1.85. The number of nitrogens with one attached hydrogen (secondary N) is 1. The van der Waals surface area contributed by atoms with E-state index in [2.05, 4.69) is 12.2 Å². The van der Waals surface area contributed by atoms with Gasteiger partial charge in [0.2, 0.25) is 0 Å². The summed E-state index contributed by atoms with van der Waals surface area (Å²) in [4.78, 5) is 0. The first-order chi connectivity index (χ1) is 9.14. The van der Waals surface area contributed by atoms with Crippen LogP contribution in [0.4, 0.5) is 0 Å². The monoisotopic (exact) mass is 262 g/mol. The topological polar surface area (TPSA) is 56.5 Å². The highest BCUT2D eigenvalue weighted by molar-refractivity contribution is 5.44. The van der Waals surface area contributed by atoms with E-state index in [9.17, 15) is 0 Å². The van der Waals surface area contributed by atoms with Gasteiger partial charge in [-0.2, -0.15) is 0 Å². The maximum atomic E-state index is 6.38. The van der Waals surface area contributed by atoms with Crippen molar-refractivity contribution in [3.63, 3.8) is 0 Å². The molecule has 3 atom stereocenters. The van der Waals surface area contributed by atoms with Gasteiger partial charge in [0, 0.05) is 30.5 Å². The van der Waals surface area contributed by atoms with Crippen molar-refractivity contribution in [1.29, 1.82) is 0 Å². The molecule has 0 saturated carbocycles. The minimum atomic E-state index is -0.105. The maximum absolute atomic E-state index is 6.38. The van der Waals surface area contributed by atoms with Crippen molar-refractivity contribution in [3.05, 3.63) is 23.8 Å². The van der Waals surface area contributed by atoms with Gasteiger partial charge in [-0.3, -0.25) is 0 Å². The van der Waals surface area contributed by atoms with Gasteiger partial charge in [0.15, 0.2) is 0 Å². The first kappa shape index (κ1) is 12.8. The second-order valence-corrected chi connectivity index (χ2v) is 5.74. The Bertz CT molecular complexity index is 477. The molecule has 1 spiro atoms. The number of fused-ring (bicyclic) bond motifs is 1. The standard InChI is InChI=1S/C15H22N2O2/c1-10-9-17-6-5-15(10)8-13(16)12-7-11(18-2)3-4-14(12)19-15/h3-4,7,10,13,17H,5-6,8-9,16H2,1-2H3. The van der Waals surface area contributed by atoms with Gasteiger partial charge in [0.05, 0.1) is 7.11 Å². The van der Waals surface area contributed by atoms with Crippen LogP contribution in [0.5, 0.6) is 11.5 Å². The van der Waals surface area contributed by atoms with Crippen LogP contribution in [0.3, 0.4) is 0 Å². The largest absolute Gasteiger partial charge is 0.497 e.